The number of ether oxygens (including phenoxy) is 1. The number of carbonyl (C=O) groups excluding carboxylic acids is 2. The molecule has 7 nitrogen and oxygen atoms in total. The number of benzene rings is 1. The van der Waals surface area contributed by atoms with E-state index in [1.54, 1.807) is 4.68 Å². The van der Waals surface area contributed by atoms with Crippen LogP contribution in [0.3, 0.4) is 0 Å². The molecule has 2 amide bonds. The van der Waals surface area contributed by atoms with Gasteiger partial charge in [-0.1, -0.05) is 52.3 Å². The van der Waals surface area contributed by atoms with E-state index in [2.05, 4.69) is 26.1 Å². The lowest BCUT2D eigenvalue weighted by Gasteiger charge is -2.23. The molecule has 2 rings (SSSR count). The van der Waals surface area contributed by atoms with Gasteiger partial charge in [0.25, 0.3) is 0 Å². The van der Waals surface area contributed by atoms with E-state index in [1.165, 1.54) is 12.0 Å². The van der Waals surface area contributed by atoms with Crippen LogP contribution in [0.5, 0.6) is 0 Å². The second kappa shape index (κ2) is 9.89. The highest BCUT2D eigenvalue weighted by Crippen LogP contribution is 2.26. The molecule has 0 aliphatic rings. The molecule has 0 aliphatic carbocycles. The Morgan fingerprint density at radius 3 is 2.37 bits per heavy atom. The van der Waals surface area contributed by atoms with Crippen molar-refractivity contribution in [3.05, 3.63) is 41.6 Å². The van der Waals surface area contributed by atoms with Gasteiger partial charge in [-0.15, -0.1) is 0 Å². The lowest BCUT2D eigenvalue weighted by molar-refractivity contribution is -0.138. The van der Waals surface area contributed by atoms with Gasteiger partial charge in [0.2, 0.25) is 11.8 Å². The summed E-state index contributed by atoms with van der Waals surface area (Å²) in [5.74, 6) is 0.347. The normalized spacial score (nSPS) is 11.6. The lowest BCUT2D eigenvalue weighted by Crippen LogP contribution is -2.42. The average molecular weight is 415 g/mol. The molecule has 30 heavy (non-hydrogen) atoms. The number of aromatic nitrogens is 2. The van der Waals surface area contributed by atoms with Crippen LogP contribution in [0.2, 0.25) is 0 Å². The number of nitrogens with zero attached hydrogens (tertiary/aromatic N) is 3. The van der Waals surface area contributed by atoms with Gasteiger partial charge in [0.1, 0.15) is 12.4 Å². The van der Waals surface area contributed by atoms with Crippen molar-refractivity contribution in [2.45, 2.75) is 47.0 Å². The SMILES string of the molecule is COCC(=O)N(CC(=O)Nc1cc(C(C)(C)C)nn1-c1ccc(C)cc1)CC(C)C. The van der Waals surface area contributed by atoms with Crippen molar-refractivity contribution in [2.24, 2.45) is 5.92 Å². The van der Waals surface area contributed by atoms with Gasteiger partial charge < -0.3 is 15.0 Å². The summed E-state index contributed by atoms with van der Waals surface area (Å²) in [6.45, 7) is 12.7. The number of anilines is 1. The van der Waals surface area contributed by atoms with Crippen molar-refractivity contribution in [3.63, 3.8) is 0 Å². The standard InChI is InChI=1S/C23H34N4O3/c1-16(2)13-26(22(29)15-30-7)14-21(28)24-20-12-19(23(4,5)6)25-27(20)18-10-8-17(3)9-11-18/h8-12,16H,13-15H2,1-7H3,(H,24,28). The number of aryl methyl sites for hydroxylation is 1. The zero-order chi connectivity index (χ0) is 22.5. The van der Waals surface area contributed by atoms with Gasteiger partial charge in [-0.25, -0.2) is 4.68 Å². The molecule has 0 spiro atoms. The summed E-state index contributed by atoms with van der Waals surface area (Å²) in [4.78, 5) is 26.7. The number of hydrogen-bond donors (Lipinski definition) is 1. The minimum absolute atomic E-state index is 0.0374. The summed E-state index contributed by atoms with van der Waals surface area (Å²) >= 11 is 0. The molecule has 0 aliphatic heterocycles. The Morgan fingerprint density at radius 1 is 1.20 bits per heavy atom. The van der Waals surface area contributed by atoms with Gasteiger partial charge in [-0.05, 0) is 25.0 Å². The summed E-state index contributed by atoms with van der Waals surface area (Å²) in [6.07, 6.45) is 0. The smallest absolute Gasteiger partial charge is 0.249 e. The summed E-state index contributed by atoms with van der Waals surface area (Å²) < 4.78 is 6.69. The number of hydrogen-bond acceptors (Lipinski definition) is 4. The van der Waals surface area contributed by atoms with Crippen molar-refractivity contribution in [3.8, 4) is 5.69 Å². The molecule has 0 bridgehead atoms. The van der Waals surface area contributed by atoms with Gasteiger partial charge in [-0.2, -0.15) is 5.10 Å². The largest absolute Gasteiger partial charge is 0.375 e. The highest BCUT2D eigenvalue weighted by molar-refractivity contribution is 5.94. The van der Waals surface area contributed by atoms with Crippen LogP contribution in [0, 0.1) is 12.8 Å². The maximum absolute atomic E-state index is 12.8. The molecular weight excluding hydrogens is 380 g/mol. The second-order valence-corrected chi connectivity index (χ2v) is 9.06. The van der Waals surface area contributed by atoms with Crippen LogP contribution in [-0.2, 0) is 19.7 Å². The Kier molecular flexibility index (Phi) is 7.78. The highest BCUT2D eigenvalue weighted by Gasteiger charge is 2.23. The van der Waals surface area contributed by atoms with Gasteiger partial charge in [0.15, 0.2) is 0 Å². The van der Waals surface area contributed by atoms with Crippen LogP contribution in [0.25, 0.3) is 5.69 Å². The Labute approximate surface area is 179 Å². The Morgan fingerprint density at radius 2 is 1.83 bits per heavy atom. The predicted molar refractivity (Wildman–Crippen MR) is 119 cm³/mol. The van der Waals surface area contributed by atoms with E-state index in [0.29, 0.717) is 12.4 Å². The van der Waals surface area contributed by atoms with Crippen molar-refractivity contribution in [1.29, 1.82) is 0 Å². The molecule has 0 radical (unpaired) electrons. The third kappa shape index (κ3) is 6.42. The molecule has 1 heterocycles. The van der Waals surface area contributed by atoms with Gasteiger partial charge >= 0.3 is 0 Å². The third-order valence-corrected chi connectivity index (χ3v) is 4.56. The minimum atomic E-state index is -0.270. The van der Waals surface area contributed by atoms with E-state index < -0.39 is 0 Å². The summed E-state index contributed by atoms with van der Waals surface area (Å²) in [6, 6.07) is 9.84. The lowest BCUT2D eigenvalue weighted by atomic mass is 9.92. The van der Waals surface area contributed by atoms with E-state index >= 15 is 0 Å². The van der Waals surface area contributed by atoms with Crippen LogP contribution in [0.4, 0.5) is 5.82 Å². The quantitative estimate of drug-likeness (QED) is 0.717. The molecule has 164 valence electrons. The molecule has 1 aromatic carbocycles. The first-order chi connectivity index (χ1) is 14.0. The first kappa shape index (κ1) is 23.6. The van der Waals surface area contributed by atoms with Crippen LogP contribution < -0.4 is 5.32 Å². The fraction of sp³-hybridized carbons (Fsp3) is 0.522. The Balaban J connectivity index is 2.28. The van der Waals surface area contributed by atoms with E-state index in [0.717, 1.165) is 16.9 Å². The highest BCUT2D eigenvalue weighted by atomic mass is 16.5. The molecular formula is C23H34N4O3. The molecule has 0 atom stereocenters. The predicted octanol–water partition coefficient (Wildman–Crippen LogP) is 3.55. The van der Waals surface area contributed by atoms with Crippen molar-refractivity contribution >= 4 is 17.6 Å². The van der Waals surface area contributed by atoms with Crippen molar-refractivity contribution in [2.75, 3.05) is 32.1 Å². The van der Waals surface area contributed by atoms with Gasteiger partial charge in [0.05, 0.1) is 17.9 Å². The fourth-order valence-corrected chi connectivity index (χ4v) is 2.99. The number of amides is 2. The van der Waals surface area contributed by atoms with Crippen LogP contribution >= 0.6 is 0 Å². The first-order valence-electron chi connectivity index (χ1n) is 10.3. The van der Waals surface area contributed by atoms with E-state index in [1.807, 2.05) is 51.1 Å². The van der Waals surface area contributed by atoms with E-state index in [-0.39, 0.29) is 36.3 Å². The zero-order valence-electron chi connectivity index (χ0n) is 19.2. The van der Waals surface area contributed by atoms with Crippen LogP contribution in [0.15, 0.2) is 30.3 Å². The fourth-order valence-electron chi connectivity index (χ4n) is 2.99. The maximum atomic E-state index is 12.8. The summed E-state index contributed by atoms with van der Waals surface area (Å²) in [5.41, 5.74) is 2.70. The monoisotopic (exact) mass is 414 g/mol. The van der Waals surface area contributed by atoms with Gasteiger partial charge in [0, 0.05) is 25.1 Å². The van der Waals surface area contributed by atoms with Gasteiger partial charge in [-0.3, -0.25) is 9.59 Å². The molecule has 0 fully saturated rings. The van der Waals surface area contributed by atoms with E-state index in [4.69, 9.17) is 9.84 Å². The van der Waals surface area contributed by atoms with Crippen molar-refractivity contribution < 1.29 is 14.3 Å². The third-order valence-electron chi connectivity index (χ3n) is 4.56. The summed E-state index contributed by atoms with van der Waals surface area (Å²) in [7, 11) is 1.47. The molecule has 0 unspecified atom stereocenters. The molecule has 2 aromatic rings. The molecule has 0 saturated carbocycles. The zero-order valence-corrected chi connectivity index (χ0v) is 19.2. The molecule has 7 heteroatoms. The minimum Gasteiger partial charge on any atom is -0.375 e. The number of carbonyl (C=O) groups is 2. The van der Waals surface area contributed by atoms with Crippen LogP contribution in [0.1, 0.15) is 45.9 Å². The molecule has 0 saturated heterocycles. The van der Waals surface area contributed by atoms with E-state index in [9.17, 15) is 9.59 Å². The Bertz CT molecular complexity index is 864. The second-order valence-electron chi connectivity index (χ2n) is 9.06. The van der Waals surface area contributed by atoms with Crippen LogP contribution in [-0.4, -0.2) is 53.3 Å². The molecule has 1 N–H and O–H groups in total. The molecule has 1 aromatic heterocycles. The number of nitrogens with one attached hydrogen (secondary N) is 1. The maximum Gasteiger partial charge on any atom is 0.249 e. The number of methoxy groups -OCH3 is 1. The average Bonchev–Trinajstić information content (AvgIpc) is 3.05. The first-order valence-corrected chi connectivity index (χ1v) is 10.3. The number of rotatable bonds is 8. The van der Waals surface area contributed by atoms with Crippen molar-refractivity contribution in [1.82, 2.24) is 14.7 Å². The summed E-state index contributed by atoms with van der Waals surface area (Å²) in [5, 5.41) is 7.67. The Hall–Kier alpha value is -2.67. The topological polar surface area (TPSA) is 76.5 Å².